The summed E-state index contributed by atoms with van der Waals surface area (Å²) in [4.78, 5) is 4.34. The van der Waals surface area contributed by atoms with E-state index in [2.05, 4.69) is 9.71 Å². The molecule has 2 aromatic carbocycles. The van der Waals surface area contributed by atoms with Gasteiger partial charge in [0.25, 0.3) is 0 Å². The van der Waals surface area contributed by atoms with E-state index in [-0.39, 0.29) is 5.75 Å². The Bertz CT molecular complexity index is 954. The third kappa shape index (κ3) is 4.61. The molecule has 1 N–H and O–H groups in total. The Morgan fingerprint density at radius 1 is 1.04 bits per heavy atom. The van der Waals surface area contributed by atoms with Gasteiger partial charge in [-0.2, -0.15) is 0 Å². The van der Waals surface area contributed by atoms with Crippen LogP contribution in [-0.2, 0) is 10.0 Å². The van der Waals surface area contributed by atoms with Crippen molar-refractivity contribution in [3.63, 3.8) is 0 Å². The minimum atomic E-state index is -3.38. The van der Waals surface area contributed by atoms with Crippen molar-refractivity contribution in [2.24, 2.45) is 0 Å². The predicted molar refractivity (Wildman–Crippen MR) is 101 cm³/mol. The van der Waals surface area contributed by atoms with Gasteiger partial charge < -0.3 is 4.74 Å². The van der Waals surface area contributed by atoms with Crippen LogP contribution in [0.1, 0.15) is 6.42 Å². The Balaban J connectivity index is 1.74. The van der Waals surface area contributed by atoms with Crippen molar-refractivity contribution in [3.05, 3.63) is 60.8 Å². The number of anilines is 1. The lowest BCUT2D eigenvalue weighted by atomic mass is 10.2. The van der Waals surface area contributed by atoms with Gasteiger partial charge in [-0.3, -0.25) is 9.71 Å². The molecular formula is C18H17ClN2O3S. The molecule has 3 rings (SSSR count). The zero-order valence-corrected chi connectivity index (χ0v) is 14.9. The number of nitrogens with zero attached hydrogens (tertiary/aromatic N) is 1. The van der Waals surface area contributed by atoms with E-state index in [1.165, 1.54) is 0 Å². The summed E-state index contributed by atoms with van der Waals surface area (Å²) in [6.07, 6.45) is 2.13. The summed E-state index contributed by atoms with van der Waals surface area (Å²) < 4.78 is 32.1. The fourth-order valence-electron chi connectivity index (χ4n) is 2.35. The highest BCUT2D eigenvalue weighted by atomic mass is 35.5. The highest BCUT2D eigenvalue weighted by Crippen LogP contribution is 2.29. The van der Waals surface area contributed by atoms with Crippen LogP contribution in [0, 0.1) is 0 Å². The zero-order valence-electron chi connectivity index (χ0n) is 13.4. The van der Waals surface area contributed by atoms with Gasteiger partial charge in [0, 0.05) is 23.2 Å². The number of aromatic nitrogens is 1. The van der Waals surface area contributed by atoms with Gasteiger partial charge in [0.1, 0.15) is 11.3 Å². The first-order valence-corrected chi connectivity index (χ1v) is 9.94. The molecule has 5 nitrogen and oxygen atoms in total. The van der Waals surface area contributed by atoms with E-state index in [0.717, 1.165) is 10.9 Å². The third-order valence-electron chi connectivity index (χ3n) is 3.50. The lowest BCUT2D eigenvalue weighted by Gasteiger charge is -2.10. The van der Waals surface area contributed by atoms with E-state index in [1.807, 2.05) is 30.3 Å². The molecule has 0 saturated heterocycles. The van der Waals surface area contributed by atoms with Gasteiger partial charge in [0.2, 0.25) is 10.0 Å². The van der Waals surface area contributed by atoms with E-state index in [0.29, 0.717) is 29.5 Å². The maximum absolute atomic E-state index is 11.9. The number of pyridine rings is 1. The molecule has 25 heavy (non-hydrogen) atoms. The van der Waals surface area contributed by atoms with Gasteiger partial charge >= 0.3 is 0 Å². The van der Waals surface area contributed by atoms with E-state index in [4.69, 9.17) is 16.3 Å². The van der Waals surface area contributed by atoms with E-state index >= 15 is 0 Å². The Hall–Kier alpha value is -2.31. The summed E-state index contributed by atoms with van der Waals surface area (Å²) >= 11 is 5.54. The highest BCUT2D eigenvalue weighted by Gasteiger charge is 2.10. The minimum Gasteiger partial charge on any atom is -0.455 e. The van der Waals surface area contributed by atoms with Crippen molar-refractivity contribution in [1.82, 2.24) is 4.98 Å². The van der Waals surface area contributed by atoms with Crippen LogP contribution < -0.4 is 9.46 Å². The van der Waals surface area contributed by atoms with Crippen molar-refractivity contribution in [2.75, 3.05) is 16.4 Å². The molecule has 0 fully saturated rings. The number of benzene rings is 2. The lowest BCUT2D eigenvalue weighted by molar-refractivity contribution is 0.487. The fraction of sp³-hybridized carbons (Fsp3) is 0.167. The molecule has 0 aliphatic heterocycles. The largest absolute Gasteiger partial charge is 0.455 e. The minimum absolute atomic E-state index is 0.00355. The molecule has 0 aliphatic carbocycles. The topological polar surface area (TPSA) is 68.3 Å². The quantitative estimate of drug-likeness (QED) is 0.620. The number of hydrogen-bond acceptors (Lipinski definition) is 4. The number of para-hydroxylation sites is 1. The summed E-state index contributed by atoms with van der Waals surface area (Å²) in [7, 11) is -3.38. The molecule has 0 spiro atoms. The van der Waals surface area contributed by atoms with E-state index < -0.39 is 10.0 Å². The van der Waals surface area contributed by atoms with Gasteiger partial charge in [0.05, 0.1) is 5.75 Å². The first-order valence-electron chi connectivity index (χ1n) is 7.75. The molecule has 0 aliphatic rings. The number of fused-ring (bicyclic) bond motifs is 1. The first kappa shape index (κ1) is 17.5. The average molecular weight is 377 g/mol. The van der Waals surface area contributed by atoms with E-state index in [9.17, 15) is 8.42 Å². The summed E-state index contributed by atoms with van der Waals surface area (Å²) in [5.74, 6) is 1.55. The number of hydrogen-bond donors (Lipinski definition) is 1. The highest BCUT2D eigenvalue weighted by molar-refractivity contribution is 7.92. The Morgan fingerprint density at radius 2 is 1.80 bits per heavy atom. The Labute approximate surface area is 151 Å². The fourth-order valence-corrected chi connectivity index (χ4v) is 3.77. The second-order valence-corrected chi connectivity index (χ2v) is 7.64. The molecule has 1 aromatic heterocycles. The zero-order chi connectivity index (χ0) is 17.7. The van der Waals surface area contributed by atoms with Crippen molar-refractivity contribution >= 4 is 38.2 Å². The maximum atomic E-state index is 11.9. The summed E-state index contributed by atoms with van der Waals surface area (Å²) in [6, 6.07) is 16.3. The second kappa shape index (κ2) is 7.72. The molecule has 0 radical (unpaired) electrons. The SMILES string of the molecule is O=S(=O)(CCCCl)Nc1ccc(Oc2cccc3cccnc23)cc1. The number of ether oxygens (including phenoxy) is 1. The number of alkyl halides is 1. The van der Waals surface area contributed by atoms with Crippen LogP contribution in [0.5, 0.6) is 11.5 Å². The Morgan fingerprint density at radius 3 is 2.56 bits per heavy atom. The molecule has 1 heterocycles. The normalized spacial score (nSPS) is 11.4. The maximum Gasteiger partial charge on any atom is 0.232 e. The monoisotopic (exact) mass is 376 g/mol. The number of rotatable bonds is 7. The molecule has 3 aromatic rings. The average Bonchev–Trinajstić information content (AvgIpc) is 2.62. The van der Waals surface area contributed by atoms with Crippen LogP contribution >= 0.6 is 11.6 Å². The standard InChI is InChI=1S/C18H17ClN2O3S/c19-11-3-13-25(22,23)21-15-7-9-16(10-8-15)24-17-6-1-4-14-5-2-12-20-18(14)17/h1-2,4-10,12,21H,3,11,13H2. The van der Waals surface area contributed by atoms with Crippen LogP contribution in [-0.4, -0.2) is 25.0 Å². The van der Waals surface area contributed by atoms with Gasteiger partial charge in [-0.25, -0.2) is 8.42 Å². The van der Waals surface area contributed by atoms with Crippen LogP contribution in [0.2, 0.25) is 0 Å². The molecule has 7 heteroatoms. The van der Waals surface area contributed by atoms with Crippen molar-refractivity contribution < 1.29 is 13.2 Å². The molecule has 0 saturated carbocycles. The van der Waals surface area contributed by atoms with Crippen LogP contribution in [0.4, 0.5) is 5.69 Å². The van der Waals surface area contributed by atoms with Gasteiger partial charge in [-0.05, 0) is 42.8 Å². The Kier molecular flexibility index (Phi) is 5.40. The molecule has 0 amide bonds. The van der Waals surface area contributed by atoms with E-state index in [1.54, 1.807) is 30.5 Å². The lowest BCUT2D eigenvalue weighted by Crippen LogP contribution is -2.16. The third-order valence-corrected chi connectivity index (χ3v) is 5.14. The van der Waals surface area contributed by atoms with Gasteiger partial charge in [-0.15, -0.1) is 11.6 Å². The van der Waals surface area contributed by atoms with Crippen LogP contribution in [0.15, 0.2) is 60.8 Å². The predicted octanol–water partition coefficient (Wildman–Crippen LogP) is 4.40. The van der Waals surface area contributed by atoms with Crippen molar-refractivity contribution in [2.45, 2.75) is 6.42 Å². The number of nitrogens with one attached hydrogen (secondary N) is 1. The second-order valence-electron chi connectivity index (χ2n) is 5.42. The first-order chi connectivity index (χ1) is 12.1. The van der Waals surface area contributed by atoms with Gasteiger partial charge in [0.15, 0.2) is 5.75 Å². The number of sulfonamides is 1. The van der Waals surface area contributed by atoms with Gasteiger partial charge in [-0.1, -0.05) is 18.2 Å². The smallest absolute Gasteiger partial charge is 0.232 e. The van der Waals surface area contributed by atoms with Crippen molar-refractivity contribution in [1.29, 1.82) is 0 Å². The summed E-state index contributed by atoms with van der Waals surface area (Å²) in [5, 5.41) is 0.990. The molecule has 0 bridgehead atoms. The molecule has 0 atom stereocenters. The van der Waals surface area contributed by atoms with Crippen molar-refractivity contribution in [3.8, 4) is 11.5 Å². The summed E-state index contributed by atoms with van der Waals surface area (Å²) in [6.45, 7) is 0. The van der Waals surface area contributed by atoms with Crippen LogP contribution in [0.25, 0.3) is 10.9 Å². The molecule has 0 unspecified atom stereocenters. The molecular weight excluding hydrogens is 360 g/mol. The van der Waals surface area contributed by atoms with Crippen LogP contribution in [0.3, 0.4) is 0 Å². The number of halogens is 1. The summed E-state index contributed by atoms with van der Waals surface area (Å²) in [5.41, 5.74) is 1.26. The molecule has 130 valence electrons.